The Labute approximate surface area is 103 Å². The Morgan fingerprint density at radius 2 is 1.94 bits per heavy atom. The predicted molar refractivity (Wildman–Crippen MR) is 57.9 cm³/mol. The van der Waals surface area contributed by atoms with E-state index in [9.17, 15) is 23.5 Å². The fourth-order valence-corrected chi connectivity index (χ4v) is 1.81. The quantitative estimate of drug-likeness (QED) is 0.649. The lowest BCUT2D eigenvalue weighted by atomic mass is 9.75. The summed E-state index contributed by atoms with van der Waals surface area (Å²) in [5.41, 5.74) is -2.25. The van der Waals surface area contributed by atoms with E-state index in [1.165, 1.54) is 0 Å². The molecule has 0 heterocycles. The second kappa shape index (κ2) is 4.46. The van der Waals surface area contributed by atoms with Crippen LogP contribution in [-0.2, 0) is 9.59 Å². The van der Waals surface area contributed by atoms with Crippen molar-refractivity contribution >= 4 is 11.8 Å². The van der Waals surface area contributed by atoms with Gasteiger partial charge in [-0.2, -0.15) is 8.78 Å². The van der Waals surface area contributed by atoms with Crippen LogP contribution in [0.25, 0.3) is 0 Å². The summed E-state index contributed by atoms with van der Waals surface area (Å²) in [5.74, 6) is -5.91. The molecule has 2 saturated carbocycles. The molecule has 3 N–H and O–H groups in total. The monoisotopic (exact) mass is 262 g/mol. The lowest BCUT2D eigenvalue weighted by Crippen LogP contribution is -2.61. The molecule has 18 heavy (non-hydrogen) atoms. The predicted octanol–water partition coefficient (Wildman–Crippen LogP) is -0.0685. The van der Waals surface area contributed by atoms with Gasteiger partial charge in [-0.1, -0.05) is 0 Å². The van der Waals surface area contributed by atoms with E-state index in [0.29, 0.717) is 6.42 Å². The van der Waals surface area contributed by atoms with Gasteiger partial charge in [0.05, 0.1) is 6.54 Å². The molecule has 0 saturated heterocycles. The lowest BCUT2D eigenvalue weighted by molar-refractivity contribution is -0.215. The molecule has 0 spiro atoms. The minimum absolute atomic E-state index is 0.0955. The van der Waals surface area contributed by atoms with E-state index in [1.807, 2.05) is 5.32 Å². The van der Waals surface area contributed by atoms with Gasteiger partial charge in [-0.3, -0.25) is 9.59 Å². The molecule has 2 aliphatic rings. The highest BCUT2D eigenvalue weighted by Gasteiger charge is 2.61. The molecule has 102 valence electrons. The summed E-state index contributed by atoms with van der Waals surface area (Å²) < 4.78 is 27.2. The molecule has 2 amide bonds. The number of aliphatic hydroxyl groups is 1. The number of carbonyl (C=O) groups is 2. The third kappa shape index (κ3) is 2.45. The summed E-state index contributed by atoms with van der Waals surface area (Å²) >= 11 is 0. The average Bonchev–Trinajstić information content (AvgIpc) is 3.05. The zero-order valence-corrected chi connectivity index (χ0v) is 9.84. The molecule has 5 nitrogen and oxygen atoms in total. The van der Waals surface area contributed by atoms with E-state index in [1.54, 1.807) is 0 Å². The van der Waals surface area contributed by atoms with Gasteiger partial charge in [0.2, 0.25) is 5.91 Å². The molecule has 0 bridgehead atoms. The summed E-state index contributed by atoms with van der Waals surface area (Å²) in [6.45, 7) is -0.485. The lowest BCUT2D eigenvalue weighted by Gasteiger charge is -2.41. The number of nitrogens with one attached hydrogen (secondary N) is 2. The van der Waals surface area contributed by atoms with Gasteiger partial charge in [0.1, 0.15) is 5.60 Å². The molecule has 2 aliphatic carbocycles. The third-order valence-electron chi connectivity index (χ3n) is 3.40. The van der Waals surface area contributed by atoms with Crippen molar-refractivity contribution in [3.05, 3.63) is 0 Å². The van der Waals surface area contributed by atoms with E-state index in [0.717, 1.165) is 12.8 Å². The average molecular weight is 262 g/mol. The van der Waals surface area contributed by atoms with Crippen LogP contribution in [0.5, 0.6) is 0 Å². The zero-order chi connectivity index (χ0) is 13.4. The van der Waals surface area contributed by atoms with Crippen LogP contribution >= 0.6 is 0 Å². The van der Waals surface area contributed by atoms with Crippen LogP contribution in [0.4, 0.5) is 8.78 Å². The van der Waals surface area contributed by atoms with Crippen molar-refractivity contribution in [1.82, 2.24) is 10.6 Å². The molecule has 0 aromatic carbocycles. The van der Waals surface area contributed by atoms with Crippen molar-refractivity contribution in [2.45, 2.75) is 49.7 Å². The number of alkyl halides is 2. The number of amides is 2. The van der Waals surface area contributed by atoms with E-state index in [2.05, 4.69) is 5.32 Å². The molecule has 2 rings (SSSR count). The molecule has 2 fully saturated rings. The first-order chi connectivity index (χ1) is 8.35. The molecule has 0 unspecified atom stereocenters. The van der Waals surface area contributed by atoms with Gasteiger partial charge in [-0.25, -0.2) is 0 Å². The minimum atomic E-state index is -3.84. The van der Waals surface area contributed by atoms with Gasteiger partial charge in [-0.15, -0.1) is 0 Å². The van der Waals surface area contributed by atoms with Crippen molar-refractivity contribution in [2.75, 3.05) is 6.54 Å². The van der Waals surface area contributed by atoms with Gasteiger partial charge in [0.25, 0.3) is 5.91 Å². The molecule has 0 aromatic rings. The molecule has 0 aromatic heterocycles. The van der Waals surface area contributed by atoms with Crippen LogP contribution in [0.1, 0.15) is 32.1 Å². The molecular weight excluding hydrogens is 246 g/mol. The Balaban J connectivity index is 1.80. The highest BCUT2D eigenvalue weighted by Crippen LogP contribution is 2.44. The van der Waals surface area contributed by atoms with E-state index < -0.39 is 29.9 Å². The zero-order valence-electron chi connectivity index (χ0n) is 9.84. The number of rotatable bonds is 5. The molecule has 7 heteroatoms. The van der Waals surface area contributed by atoms with Gasteiger partial charge >= 0.3 is 5.92 Å². The van der Waals surface area contributed by atoms with Crippen molar-refractivity contribution < 1.29 is 23.5 Å². The molecule has 0 atom stereocenters. The Hall–Kier alpha value is -1.24. The van der Waals surface area contributed by atoms with Crippen LogP contribution in [0.15, 0.2) is 0 Å². The van der Waals surface area contributed by atoms with Gasteiger partial charge < -0.3 is 15.7 Å². The maximum absolute atomic E-state index is 13.6. The Morgan fingerprint density at radius 3 is 2.39 bits per heavy atom. The van der Waals surface area contributed by atoms with Crippen LogP contribution in [-0.4, -0.2) is 41.0 Å². The smallest absolute Gasteiger partial charge is 0.352 e. The van der Waals surface area contributed by atoms with Crippen molar-refractivity contribution in [3.63, 3.8) is 0 Å². The van der Waals surface area contributed by atoms with Crippen LogP contribution in [0, 0.1) is 0 Å². The number of carbonyl (C=O) groups excluding carboxylic acids is 2. The number of halogens is 2. The second-order valence-corrected chi connectivity index (χ2v) is 4.98. The summed E-state index contributed by atoms with van der Waals surface area (Å²) in [7, 11) is 0. The van der Waals surface area contributed by atoms with Crippen molar-refractivity contribution in [1.29, 1.82) is 0 Å². The van der Waals surface area contributed by atoms with E-state index >= 15 is 0 Å². The first-order valence-electron chi connectivity index (χ1n) is 6.03. The maximum atomic E-state index is 13.6. The van der Waals surface area contributed by atoms with Crippen LogP contribution in [0.2, 0.25) is 0 Å². The second-order valence-electron chi connectivity index (χ2n) is 4.98. The van der Waals surface area contributed by atoms with E-state index in [-0.39, 0.29) is 18.9 Å². The third-order valence-corrected chi connectivity index (χ3v) is 3.40. The van der Waals surface area contributed by atoms with Gasteiger partial charge in [-0.05, 0) is 32.1 Å². The summed E-state index contributed by atoms with van der Waals surface area (Å²) in [6, 6.07) is 0.116. The standard InChI is InChI=1S/C11H16F2N2O3/c12-11(13,10(18)4-1-5-10)9(17)14-6-8(16)15-7-2-3-7/h7,18H,1-6H2,(H,14,17)(H,15,16). The fraction of sp³-hybridized carbons (Fsp3) is 0.818. The summed E-state index contributed by atoms with van der Waals surface area (Å²) in [6.07, 6.45) is 2.05. The number of hydrogen-bond donors (Lipinski definition) is 3. The first-order valence-corrected chi connectivity index (χ1v) is 6.03. The SMILES string of the molecule is O=C(CNC(=O)C(F)(F)C1(O)CCC1)NC1CC1. The van der Waals surface area contributed by atoms with Gasteiger partial charge in [0, 0.05) is 6.04 Å². The van der Waals surface area contributed by atoms with Crippen LogP contribution in [0.3, 0.4) is 0 Å². The number of hydrogen-bond acceptors (Lipinski definition) is 3. The Kier molecular flexibility index (Phi) is 3.27. The minimum Gasteiger partial charge on any atom is -0.383 e. The highest BCUT2D eigenvalue weighted by atomic mass is 19.3. The largest absolute Gasteiger partial charge is 0.383 e. The van der Waals surface area contributed by atoms with Crippen molar-refractivity contribution in [2.24, 2.45) is 0 Å². The molecule has 0 radical (unpaired) electrons. The fourth-order valence-electron chi connectivity index (χ4n) is 1.81. The van der Waals surface area contributed by atoms with Crippen molar-refractivity contribution in [3.8, 4) is 0 Å². The van der Waals surface area contributed by atoms with E-state index in [4.69, 9.17) is 0 Å². The first kappa shape index (κ1) is 13.2. The summed E-state index contributed by atoms with van der Waals surface area (Å²) in [5, 5.41) is 14.0. The Morgan fingerprint density at radius 1 is 1.33 bits per heavy atom. The van der Waals surface area contributed by atoms with Crippen LogP contribution < -0.4 is 10.6 Å². The highest BCUT2D eigenvalue weighted by molar-refractivity contribution is 5.89. The molecule has 0 aliphatic heterocycles. The normalized spacial score (nSPS) is 21.9. The molecular formula is C11H16F2N2O3. The van der Waals surface area contributed by atoms with Gasteiger partial charge in [0.15, 0.2) is 0 Å². The summed E-state index contributed by atoms with van der Waals surface area (Å²) in [4.78, 5) is 22.5. The topological polar surface area (TPSA) is 78.4 Å². The maximum Gasteiger partial charge on any atom is 0.352 e. The Bertz CT molecular complexity index is 365.